The lowest BCUT2D eigenvalue weighted by molar-refractivity contribution is -0.120. The standard InChI is InChI=1S/C12H16F2N2OS/c1-2-16-11(12(15)17)5-6-18-8-3-4-9(13)10(14)7-8/h3-4,7,11,16H,2,5-6H2,1H3,(H2,15,17). The minimum atomic E-state index is -0.863. The van der Waals surface area contributed by atoms with E-state index in [1.54, 1.807) is 0 Å². The molecule has 1 atom stereocenters. The molecule has 6 heteroatoms. The Morgan fingerprint density at radius 2 is 2.17 bits per heavy atom. The Bertz CT molecular complexity index is 415. The van der Waals surface area contributed by atoms with Gasteiger partial charge in [0.05, 0.1) is 6.04 Å². The monoisotopic (exact) mass is 274 g/mol. The molecule has 0 saturated heterocycles. The SMILES string of the molecule is CCNC(CCSc1ccc(F)c(F)c1)C(N)=O. The van der Waals surface area contributed by atoms with Crippen LogP contribution < -0.4 is 11.1 Å². The van der Waals surface area contributed by atoms with Crippen LogP contribution in [-0.2, 0) is 4.79 Å². The first-order valence-electron chi connectivity index (χ1n) is 5.65. The molecule has 18 heavy (non-hydrogen) atoms. The molecule has 0 aliphatic heterocycles. The highest BCUT2D eigenvalue weighted by Crippen LogP contribution is 2.21. The molecular weight excluding hydrogens is 258 g/mol. The fraction of sp³-hybridized carbons (Fsp3) is 0.417. The van der Waals surface area contributed by atoms with Crippen molar-refractivity contribution >= 4 is 17.7 Å². The third-order valence-corrected chi connectivity index (χ3v) is 3.39. The summed E-state index contributed by atoms with van der Waals surface area (Å²) in [7, 11) is 0. The first-order chi connectivity index (χ1) is 8.54. The van der Waals surface area contributed by atoms with E-state index >= 15 is 0 Å². The molecule has 0 fully saturated rings. The summed E-state index contributed by atoms with van der Waals surface area (Å²) in [6.07, 6.45) is 0.548. The Hall–Kier alpha value is -1.14. The van der Waals surface area contributed by atoms with Gasteiger partial charge < -0.3 is 11.1 Å². The number of benzene rings is 1. The third kappa shape index (κ3) is 4.62. The van der Waals surface area contributed by atoms with Gasteiger partial charge in [-0.05, 0) is 36.9 Å². The Balaban J connectivity index is 2.44. The van der Waals surface area contributed by atoms with E-state index in [0.717, 1.165) is 12.1 Å². The van der Waals surface area contributed by atoms with Crippen molar-refractivity contribution in [2.75, 3.05) is 12.3 Å². The van der Waals surface area contributed by atoms with Gasteiger partial charge in [-0.2, -0.15) is 0 Å². The van der Waals surface area contributed by atoms with Crippen LogP contribution in [0.4, 0.5) is 8.78 Å². The normalized spacial score (nSPS) is 12.4. The highest BCUT2D eigenvalue weighted by Gasteiger charge is 2.13. The topological polar surface area (TPSA) is 55.1 Å². The quantitative estimate of drug-likeness (QED) is 0.747. The van der Waals surface area contributed by atoms with Crippen molar-refractivity contribution in [3.63, 3.8) is 0 Å². The largest absolute Gasteiger partial charge is 0.368 e. The van der Waals surface area contributed by atoms with Crippen LogP contribution in [0, 0.1) is 11.6 Å². The van der Waals surface area contributed by atoms with E-state index in [1.807, 2.05) is 6.92 Å². The molecule has 0 spiro atoms. The second-order valence-corrected chi connectivity index (χ2v) is 4.89. The average molecular weight is 274 g/mol. The number of nitrogens with one attached hydrogen (secondary N) is 1. The Morgan fingerprint density at radius 1 is 1.44 bits per heavy atom. The van der Waals surface area contributed by atoms with Gasteiger partial charge in [-0.3, -0.25) is 4.79 Å². The van der Waals surface area contributed by atoms with Crippen LogP contribution in [-0.4, -0.2) is 24.2 Å². The van der Waals surface area contributed by atoms with Gasteiger partial charge in [0, 0.05) is 4.90 Å². The number of carbonyl (C=O) groups excluding carboxylic acids is 1. The first-order valence-corrected chi connectivity index (χ1v) is 6.63. The third-order valence-electron chi connectivity index (χ3n) is 2.36. The first kappa shape index (κ1) is 14.9. The fourth-order valence-corrected chi connectivity index (χ4v) is 2.39. The van der Waals surface area contributed by atoms with Gasteiger partial charge in [0.15, 0.2) is 11.6 Å². The Morgan fingerprint density at radius 3 is 2.72 bits per heavy atom. The molecule has 0 saturated carbocycles. The smallest absolute Gasteiger partial charge is 0.234 e. The number of carbonyl (C=O) groups is 1. The number of nitrogens with two attached hydrogens (primary N) is 1. The maximum Gasteiger partial charge on any atom is 0.234 e. The molecule has 1 rings (SSSR count). The van der Waals surface area contributed by atoms with Gasteiger partial charge in [-0.15, -0.1) is 11.8 Å². The van der Waals surface area contributed by atoms with E-state index in [1.165, 1.54) is 17.8 Å². The zero-order chi connectivity index (χ0) is 13.5. The molecule has 1 aromatic carbocycles. The molecular formula is C12H16F2N2OS. The maximum atomic E-state index is 12.9. The number of rotatable bonds is 7. The van der Waals surface area contributed by atoms with Gasteiger partial charge >= 0.3 is 0 Å². The summed E-state index contributed by atoms with van der Waals surface area (Å²) in [6, 6.07) is 3.36. The molecule has 0 radical (unpaired) electrons. The molecule has 1 unspecified atom stereocenters. The summed E-state index contributed by atoms with van der Waals surface area (Å²) in [6.45, 7) is 2.54. The van der Waals surface area contributed by atoms with E-state index in [2.05, 4.69) is 5.32 Å². The molecule has 0 bridgehead atoms. The summed E-state index contributed by atoms with van der Waals surface area (Å²) >= 11 is 1.36. The molecule has 0 aliphatic carbocycles. The van der Waals surface area contributed by atoms with Gasteiger partial charge in [-0.25, -0.2) is 8.78 Å². The summed E-state index contributed by atoms with van der Waals surface area (Å²) < 4.78 is 25.6. The van der Waals surface area contributed by atoms with E-state index in [-0.39, 0.29) is 6.04 Å². The number of primary amides is 1. The lowest BCUT2D eigenvalue weighted by atomic mass is 10.2. The molecule has 0 heterocycles. The average Bonchev–Trinajstić information content (AvgIpc) is 2.32. The number of likely N-dealkylation sites (N-methyl/N-ethyl adjacent to an activating group) is 1. The van der Waals surface area contributed by atoms with Gasteiger partial charge in [-0.1, -0.05) is 6.92 Å². The van der Waals surface area contributed by atoms with E-state index in [4.69, 9.17) is 5.73 Å². The number of amides is 1. The highest BCUT2D eigenvalue weighted by atomic mass is 32.2. The fourth-order valence-electron chi connectivity index (χ4n) is 1.45. The van der Waals surface area contributed by atoms with Crippen molar-refractivity contribution in [2.45, 2.75) is 24.3 Å². The summed E-state index contributed by atoms with van der Waals surface area (Å²) in [5.74, 6) is -1.52. The minimum absolute atomic E-state index is 0.382. The highest BCUT2D eigenvalue weighted by molar-refractivity contribution is 7.99. The lowest BCUT2D eigenvalue weighted by Crippen LogP contribution is -2.41. The number of halogens is 2. The Labute approximate surface area is 109 Å². The van der Waals surface area contributed by atoms with Crippen molar-refractivity contribution in [3.05, 3.63) is 29.8 Å². The molecule has 0 aliphatic rings. The lowest BCUT2D eigenvalue weighted by Gasteiger charge is -2.13. The zero-order valence-electron chi connectivity index (χ0n) is 10.1. The summed E-state index contributed by atoms with van der Waals surface area (Å²) in [5, 5.41) is 2.97. The van der Waals surface area contributed by atoms with Gasteiger partial charge in [0.1, 0.15) is 0 Å². The van der Waals surface area contributed by atoms with E-state index in [9.17, 15) is 13.6 Å². The zero-order valence-corrected chi connectivity index (χ0v) is 10.9. The second-order valence-electron chi connectivity index (χ2n) is 3.73. The number of hydrogen-bond acceptors (Lipinski definition) is 3. The van der Waals surface area contributed by atoms with Crippen molar-refractivity contribution in [2.24, 2.45) is 5.73 Å². The predicted octanol–water partition coefficient (Wildman–Crippen LogP) is 1.91. The van der Waals surface area contributed by atoms with Crippen molar-refractivity contribution in [1.82, 2.24) is 5.32 Å². The van der Waals surface area contributed by atoms with Crippen LogP contribution in [0.1, 0.15) is 13.3 Å². The van der Waals surface area contributed by atoms with Crippen LogP contribution in [0.5, 0.6) is 0 Å². The summed E-state index contributed by atoms with van der Waals surface area (Å²) in [5.41, 5.74) is 5.23. The van der Waals surface area contributed by atoms with Crippen LogP contribution in [0.3, 0.4) is 0 Å². The van der Waals surface area contributed by atoms with Crippen molar-refractivity contribution in [3.8, 4) is 0 Å². The molecule has 0 aromatic heterocycles. The molecule has 1 aromatic rings. The number of hydrogen-bond donors (Lipinski definition) is 2. The van der Waals surface area contributed by atoms with Crippen molar-refractivity contribution < 1.29 is 13.6 Å². The maximum absolute atomic E-state index is 12.9. The molecule has 3 N–H and O–H groups in total. The van der Waals surface area contributed by atoms with Crippen LogP contribution in [0.15, 0.2) is 23.1 Å². The van der Waals surface area contributed by atoms with Crippen LogP contribution in [0.2, 0.25) is 0 Å². The van der Waals surface area contributed by atoms with E-state index in [0.29, 0.717) is 23.6 Å². The molecule has 3 nitrogen and oxygen atoms in total. The molecule has 100 valence electrons. The van der Waals surface area contributed by atoms with E-state index < -0.39 is 17.5 Å². The number of thioether (sulfide) groups is 1. The van der Waals surface area contributed by atoms with Crippen LogP contribution in [0.25, 0.3) is 0 Å². The minimum Gasteiger partial charge on any atom is -0.368 e. The second kappa shape index (κ2) is 7.33. The molecule has 1 amide bonds. The van der Waals surface area contributed by atoms with Crippen molar-refractivity contribution in [1.29, 1.82) is 0 Å². The van der Waals surface area contributed by atoms with Gasteiger partial charge in [0.2, 0.25) is 5.91 Å². The predicted molar refractivity (Wildman–Crippen MR) is 68.4 cm³/mol. The van der Waals surface area contributed by atoms with Crippen LogP contribution >= 0.6 is 11.8 Å². The van der Waals surface area contributed by atoms with Gasteiger partial charge in [0.25, 0.3) is 0 Å². The summed E-state index contributed by atoms with van der Waals surface area (Å²) in [4.78, 5) is 11.7. The Kier molecular flexibility index (Phi) is 6.07.